The predicted octanol–water partition coefficient (Wildman–Crippen LogP) is 4.24. The molecule has 0 saturated carbocycles. The second kappa shape index (κ2) is 8.57. The van der Waals surface area contributed by atoms with Gasteiger partial charge in [-0.3, -0.25) is 4.90 Å². The van der Waals surface area contributed by atoms with Gasteiger partial charge < -0.3 is 9.52 Å². The number of sulfone groups is 1. The number of aromatic nitrogens is 1. The third-order valence-corrected chi connectivity index (χ3v) is 7.12. The van der Waals surface area contributed by atoms with Gasteiger partial charge in [-0.25, -0.2) is 13.4 Å². The molecule has 1 aliphatic heterocycles. The number of nitrogens with zero attached hydrogens (tertiary/aromatic N) is 2. The van der Waals surface area contributed by atoms with Crippen LogP contribution in [0.1, 0.15) is 37.3 Å². The van der Waals surface area contributed by atoms with Crippen molar-refractivity contribution in [1.29, 1.82) is 0 Å². The van der Waals surface area contributed by atoms with Crippen molar-refractivity contribution in [1.82, 2.24) is 9.88 Å². The van der Waals surface area contributed by atoms with Crippen LogP contribution in [0.3, 0.4) is 0 Å². The van der Waals surface area contributed by atoms with E-state index in [2.05, 4.69) is 16.8 Å². The Hall–Kier alpha value is -2.48. The number of likely N-dealkylation sites (tertiary alicyclic amines) is 1. The van der Waals surface area contributed by atoms with Crippen molar-refractivity contribution in [3.63, 3.8) is 0 Å². The SMILES string of the molecule is Cc1oc(-c2ccc(-c3ccc(S(C)(=O)=O)cc3)cc2)nc1C(O)CN1CCCC1C. The van der Waals surface area contributed by atoms with Crippen LogP contribution in [0.25, 0.3) is 22.6 Å². The van der Waals surface area contributed by atoms with Crippen LogP contribution < -0.4 is 0 Å². The van der Waals surface area contributed by atoms with Gasteiger partial charge in [0, 0.05) is 24.4 Å². The normalized spacial score (nSPS) is 18.4. The smallest absolute Gasteiger partial charge is 0.226 e. The minimum absolute atomic E-state index is 0.303. The molecule has 0 aliphatic carbocycles. The van der Waals surface area contributed by atoms with Crippen LogP contribution in [-0.2, 0) is 9.84 Å². The molecule has 7 heteroatoms. The molecule has 0 radical (unpaired) electrons. The van der Waals surface area contributed by atoms with Crippen LogP contribution in [0.4, 0.5) is 0 Å². The maximum atomic E-state index is 11.6. The number of hydrogen-bond donors (Lipinski definition) is 1. The Morgan fingerprint density at radius 2 is 1.68 bits per heavy atom. The van der Waals surface area contributed by atoms with Crippen LogP contribution in [-0.4, -0.2) is 48.8 Å². The molecule has 2 atom stereocenters. The molecule has 1 fully saturated rings. The molecule has 0 amide bonds. The van der Waals surface area contributed by atoms with Gasteiger partial charge >= 0.3 is 0 Å². The molecule has 1 aromatic heterocycles. The molecule has 2 unspecified atom stereocenters. The standard InChI is InChI=1S/C24H28N2O4S/c1-16-5-4-14-26(16)15-22(27)23-17(2)30-24(25-23)20-8-6-18(7-9-20)19-10-12-21(13-11-19)31(3,28)29/h6-13,16,22,27H,4-5,14-15H2,1-3H3. The topological polar surface area (TPSA) is 83.6 Å². The molecule has 3 aromatic rings. The average Bonchev–Trinajstić information content (AvgIpc) is 3.33. The zero-order valence-electron chi connectivity index (χ0n) is 18.1. The third kappa shape index (κ3) is 4.74. The maximum absolute atomic E-state index is 11.6. The number of aliphatic hydroxyl groups is 1. The molecule has 31 heavy (non-hydrogen) atoms. The zero-order valence-corrected chi connectivity index (χ0v) is 18.9. The number of aliphatic hydroxyl groups excluding tert-OH is 1. The number of oxazole rings is 1. The van der Waals surface area contributed by atoms with E-state index in [0.717, 1.165) is 23.2 Å². The Morgan fingerprint density at radius 3 is 2.23 bits per heavy atom. The second-order valence-corrected chi connectivity index (χ2v) is 10.4. The average molecular weight is 441 g/mol. The second-order valence-electron chi connectivity index (χ2n) is 8.34. The first kappa shape index (κ1) is 21.7. The van der Waals surface area contributed by atoms with E-state index in [1.807, 2.05) is 31.2 Å². The lowest BCUT2D eigenvalue weighted by Crippen LogP contribution is -2.31. The first-order valence-corrected chi connectivity index (χ1v) is 12.4. The summed E-state index contributed by atoms with van der Waals surface area (Å²) in [6.07, 6.45) is 2.86. The van der Waals surface area contributed by atoms with E-state index < -0.39 is 15.9 Å². The van der Waals surface area contributed by atoms with Crippen LogP contribution in [0.2, 0.25) is 0 Å². The molecule has 6 nitrogen and oxygen atoms in total. The van der Waals surface area contributed by atoms with Gasteiger partial charge in [-0.05, 0) is 68.6 Å². The quantitative estimate of drug-likeness (QED) is 0.617. The summed E-state index contributed by atoms with van der Waals surface area (Å²) in [5, 5.41) is 10.7. The van der Waals surface area contributed by atoms with Crippen LogP contribution in [0, 0.1) is 6.92 Å². The summed E-state index contributed by atoms with van der Waals surface area (Å²) in [7, 11) is -3.21. The molecular formula is C24H28N2O4S. The Kier molecular flexibility index (Phi) is 6.01. The van der Waals surface area contributed by atoms with Gasteiger partial charge in [-0.15, -0.1) is 0 Å². The fourth-order valence-electron chi connectivity index (χ4n) is 4.11. The molecule has 1 N–H and O–H groups in total. The Morgan fingerprint density at radius 1 is 1.10 bits per heavy atom. The fourth-order valence-corrected chi connectivity index (χ4v) is 4.74. The molecule has 164 valence electrons. The summed E-state index contributed by atoms with van der Waals surface area (Å²) < 4.78 is 29.1. The monoisotopic (exact) mass is 440 g/mol. The van der Waals surface area contributed by atoms with Gasteiger partial charge in [0.1, 0.15) is 17.6 Å². The highest BCUT2D eigenvalue weighted by Crippen LogP contribution is 2.29. The van der Waals surface area contributed by atoms with Crippen molar-refractivity contribution in [2.45, 2.75) is 43.7 Å². The first-order valence-electron chi connectivity index (χ1n) is 10.5. The molecule has 1 aliphatic rings. The van der Waals surface area contributed by atoms with Crippen molar-refractivity contribution in [2.24, 2.45) is 0 Å². The number of β-amino-alcohol motifs (C(OH)–C–C–N with tert-alkyl or cyclic N) is 1. The third-order valence-electron chi connectivity index (χ3n) is 5.99. The van der Waals surface area contributed by atoms with Gasteiger partial charge in [-0.1, -0.05) is 24.3 Å². The number of benzene rings is 2. The van der Waals surface area contributed by atoms with Gasteiger partial charge in [0.05, 0.1) is 4.90 Å². The molecular weight excluding hydrogens is 412 g/mol. The summed E-state index contributed by atoms with van der Waals surface area (Å²) in [5.74, 6) is 1.12. The van der Waals surface area contributed by atoms with E-state index in [4.69, 9.17) is 4.42 Å². The van der Waals surface area contributed by atoms with Crippen molar-refractivity contribution >= 4 is 9.84 Å². The van der Waals surface area contributed by atoms with Gasteiger partial charge in [0.2, 0.25) is 5.89 Å². The van der Waals surface area contributed by atoms with Crippen LogP contribution >= 0.6 is 0 Å². The molecule has 2 heterocycles. The highest BCUT2D eigenvalue weighted by Gasteiger charge is 2.26. The largest absolute Gasteiger partial charge is 0.441 e. The van der Waals surface area contributed by atoms with E-state index in [1.54, 1.807) is 24.3 Å². The number of rotatable bonds is 6. The lowest BCUT2D eigenvalue weighted by molar-refractivity contribution is 0.106. The summed E-state index contributed by atoms with van der Waals surface area (Å²) in [4.78, 5) is 7.18. The highest BCUT2D eigenvalue weighted by atomic mass is 32.2. The zero-order chi connectivity index (χ0) is 22.2. The number of hydrogen-bond acceptors (Lipinski definition) is 6. The Balaban J connectivity index is 1.51. The molecule has 0 spiro atoms. The van der Waals surface area contributed by atoms with Gasteiger partial charge in [0.15, 0.2) is 9.84 Å². The van der Waals surface area contributed by atoms with E-state index in [9.17, 15) is 13.5 Å². The summed E-state index contributed by atoms with van der Waals surface area (Å²) in [6, 6.07) is 15.1. The summed E-state index contributed by atoms with van der Waals surface area (Å²) in [5.41, 5.74) is 3.32. The molecule has 1 saturated heterocycles. The highest BCUT2D eigenvalue weighted by molar-refractivity contribution is 7.90. The molecule has 2 aromatic carbocycles. The van der Waals surface area contributed by atoms with Crippen molar-refractivity contribution < 1.29 is 17.9 Å². The lowest BCUT2D eigenvalue weighted by atomic mass is 10.0. The predicted molar refractivity (Wildman–Crippen MR) is 120 cm³/mol. The fraction of sp³-hybridized carbons (Fsp3) is 0.375. The first-order chi connectivity index (χ1) is 14.7. The van der Waals surface area contributed by atoms with Crippen LogP contribution in [0.5, 0.6) is 0 Å². The Labute approximate surface area is 183 Å². The van der Waals surface area contributed by atoms with E-state index in [-0.39, 0.29) is 0 Å². The van der Waals surface area contributed by atoms with E-state index >= 15 is 0 Å². The minimum atomic E-state index is -3.21. The van der Waals surface area contributed by atoms with Crippen molar-refractivity contribution in [3.05, 3.63) is 60.0 Å². The molecule has 0 bridgehead atoms. The Bertz CT molecular complexity index is 1150. The maximum Gasteiger partial charge on any atom is 0.226 e. The summed E-state index contributed by atoms with van der Waals surface area (Å²) >= 11 is 0. The van der Waals surface area contributed by atoms with E-state index in [0.29, 0.717) is 34.8 Å². The summed E-state index contributed by atoms with van der Waals surface area (Å²) in [6.45, 7) is 5.60. The van der Waals surface area contributed by atoms with Gasteiger partial charge in [0.25, 0.3) is 0 Å². The van der Waals surface area contributed by atoms with Gasteiger partial charge in [-0.2, -0.15) is 0 Å². The molecule has 4 rings (SSSR count). The number of aryl methyl sites for hydroxylation is 1. The van der Waals surface area contributed by atoms with E-state index in [1.165, 1.54) is 19.1 Å². The van der Waals surface area contributed by atoms with Crippen LogP contribution in [0.15, 0.2) is 57.8 Å². The van der Waals surface area contributed by atoms with Crippen molar-refractivity contribution in [3.8, 4) is 22.6 Å². The lowest BCUT2D eigenvalue weighted by Gasteiger charge is -2.23. The minimum Gasteiger partial charge on any atom is -0.441 e. The van der Waals surface area contributed by atoms with Crippen molar-refractivity contribution in [2.75, 3.05) is 19.3 Å².